The van der Waals surface area contributed by atoms with Crippen LogP contribution in [0, 0.1) is 0 Å². The number of nitrogens with one attached hydrogen (secondary N) is 1. The van der Waals surface area contributed by atoms with Crippen molar-refractivity contribution in [3.05, 3.63) is 35.4 Å². The number of benzene rings is 1. The predicted molar refractivity (Wildman–Crippen MR) is 67.3 cm³/mol. The molecular weight excluding hydrogens is 200 g/mol. The third-order valence-corrected chi connectivity index (χ3v) is 2.77. The minimum atomic E-state index is 0.197. The molecule has 0 aromatic heterocycles. The maximum atomic E-state index is 8.75. The molecule has 0 fully saturated rings. The molecule has 3 heteroatoms. The van der Waals surface area contributed by atoms with Crippen molar-refractivity contribution in [3.63, 3.8) is 0 Å². The van der Waals surface area contributed by atoms with Gasteiger partial charge >= 0.3 is 0 Å². The molecule has 3 nitrogen and oxygen atoms in total. The van der Waals surface area contributed by atoms with Crippen LogP contribution in [0.1, 0.15) is 30.5 Å². The molecule has 1 aromatic carbocycles. The van der Waals surface area contributed by atoms with Gasteiger partial charge in [-0.15, -0.1) is 0 Å². The van der Waals surface area contributed by atoms with E-state index in [1.165, 1.54) is 11.1 Å². The van der Waals surface area contributed by atoms with Gasteiger partial charge in [-0.2, -0.15) is 0 Å². The Balaban J connectivity index is 2.69. The van der Waals surface area contributed by atoms with E-state index in [4.69, 9.17) is 10.8 Å². The Labute approximate surface area is 97.7 Å². The lowest BCUT2D eigenvalue weighted by atomic mass is 9.98. The summed E-state index contributed by atoms with van der Waals surface area (Å²) in [5.41, 5.74) is 8.41. The van der Waals surface area contributed by atoms with Crippen molar-refractivity contribution < 1.29 is 5.11 Å². The molecular formula is C13H22N2O. The molecule has 16 heavy (non-hydrogen) atoms. The molecule has 1 rings (SSSR count). The lowest BCUT2D eigenvalue weighted by Gasteiger charge is -2.20. The highest BCUT2D eigenvalue weighted by Crippen LogP contribution is 2.17. The quantitative estimate of drug-likeness (QED) is 0.608. The monoisotopic (exact) mass is 222 g/mol. The SMILES string of the molecule is CCc1ccccc1C(CN)NCCCO. The van der Waals surface area contributed by atoms with Crippen molar-refractivity contribution in [1.29, 1.82) is 0 Å². The molecule has 0 bridgehead atoms. The third-order valence-electron chi connectivity index (χ3n) is 2.77. The zero-order valence-electron chi connectivity index (χ0n) is 9.95. The largest absolute Gasteiger partial charge is 0.396 e. The van der Waals surface area contributed by atoms with Gasteiger partial charge < -0.3 is 16.2 Å². The highest BCUT2D eigenvalue weighted by atomic mass is 16.3. The fourth-order valence-corrected chi connectivity index (χ4v) is 1.87. The number of aliphatic hydroxyl groups excluding tert-OH is 1. The summed E-state index contributed by atoms with van der Waals surface area (Å²) >= 11 is 0. The molecule has 1 unspecified atom stereocenters. The number of nitrogens with two attached hydrogens (primary N) is 1. The van der Waals surface area contributed by atoms with Gasteiger partial charge in [0.1, 0.15) is 0 Å². The van der Waals surface area contributed by atoms with Gasteiger partial charge in [0.25, 0.3) is 0 Å². The summed E-state index contributed by atoms with van der Waals surface area (Å²) in [7, 11) is 0. The van der Waals surface area contributed by atoms with Crippen LogP contribution in [0.25, 0.3) is 0 Å². The van der Waals surface area contributed by atoms with Gasteiger partial charge in [-0.1, -0.05) is 31.2 Å². The third kappa shape index (κ3) is 3.59. The molecule has 90 valence electrons. The van der Waals surface area contributed by atoms with E-state index in [1.807, 2.05) is 6.07 Å². The minimum absolute atomic E-state index is 0.197. The molecule has 0 aliphatic rings. The van der Waals surface area contributed by atoms with Gasteiger partial charge in [-0.05, 0) is 30.5 Å². The molecule has 4 N–H and O–H groups in total. The van der Waals surface area contributed by atoms with Crippen molar-refractivity contribution in [1.82, 2.24) is 5.32 Å². The fraction of sp³-hybridized carbons (Fsp3) is 0.538. The maximum absolute atomic E-state index is 8.75. The molecule has 1 aromatic rings. The fourth-order valence-electron chi connectivity index (χ4n) is 1.87. The molecule has 0 heterocycles. The van der Waals surface area contributed by atoms with Crippen molar-refractivity contribution >= 4 is 0 Å². The highest BCUT2D eigenvalue weighted by Gasteiger charge is 2.11. The molecule has 1 atom stereocenters. The zero-order valence-corrected chi connectivity index (χ0v) is 9.95. The van der Waals surface area contributed by atoms with E-state index < -0.39 is 0 Å². The van der Waals surface area contributed by atoms with Crippen LogP contribution in [0.3, 0.4) is 0 Å². The van der Waals surface area contributed by atoms with Crippen LogP contribution in [0.15, 0.2) is 24.3 Å². The van der Waals surface area contributed by atoms with Crippen LogP contribution in [0.2, 0.25) is 0 Å². The molecule has 0 amide bonds. The summed E-state index contributed by atoms with van der Waals surface area (Å²) in [6, 6.07) is 8.57. The van der Waals surface area contributed by atoms with E-state index in [2.05, 4.69) is 30.4 Å². The number of aryl methyl sites for hydroxylation is 1. The molecule has 0 radical (unpaired) electrons. The lowest BCUT2D eigenvalue weighted by Crippen LogP contribution is -2.30. The zero-order chi connectivity index (χ0) is 11.8. The van der Waals surface area contributed by atoms with Gasteiger partial charge in [-0.3, -0.25) is 0 Å². The van der Waals surface area contributed by atoms with Crippen molar-refractivity contribution in [2.24, 2.45) is 5.73 Å². The first-order valence-corrected chi connectivity index (χ1v) is 5.95. The van der Waals surface area contributed by atoms with Crippen molar-refractivity contribution in [3.8, 4) is 0 Å². The smallest absolute Gasteiger partial charge is 0.0447 e. The maximum Gasteiger partial charge on any atom is 0.0447 e. The Morgan fingerprint density at radius 3 is 2.75 bits per heavy atom. The summed E-state index contributed by atoms with van der Waals surface area (Å²) < 4.78 is 0. The van der Waals surface area contributed by atoms with Crippen LogP contribution >= 0.6 is 0 Å². The first-order chi connectivity index (χ1) is 7.83. The Kier molecular flexibility index (Phi) is 6.08. The first kappa shape index (κ1) is 13.2. The average molecular weight is 222 g/mol. The minimum Gasteiger partial charge on any atom is -0.396 e. The molecule has 0 aliphatic carbocycles. The van der Waals surface area contributed by atoms with Crippen LogP contribution in [0.5, 0.6) is 0 Å². The van der Waals surface area contributed by atoms with Crippen molar-refractivity contribution in [2.75, 3.05) is 19.7 Å². The Hall–Kier alpha value is -0.900. The second-order valence-electron chi connectivity index (χ2n) is 3.87. The van der Waals surface area contributed by atoms with E-state index in [9.17, 15) is 0 Å². The number of hydrogen-bond acceptors (Lipinski definition) is 3. The van der Waals surface area contributed by atoms with E-state index >= 15 is 0 Å². The normalized spacial score (nSPS) is 12.7. The van der Waals surface area contributed by atoms with E-state index in [-0.39, 0.29) is 12.6 Å². The molecule has 0 saturated carbocycles. The van der Waals surface area contributed by atoms with Crippen LogP contribution in [0.4, 0.5) is 0 Å². The molecule has 0 aliphatic heterocycles. The Morgan fingerprint density at radius 2 is 2.12 bits per heavy atom. The predicted octanol–water partition coefficient (Wildman–Crippen LogP) is 1.22. The second kappa shape index (κ2) is 7.39. The van der Waals surface area contributed by atoms with Gasteiger partial charge in [0.05, 0.1) is 0 Å². The average Bonchev–Trinajstić information content (AvgIpc) is 2.35. The number of aliphatic hydroxyl groups is 1. The second-order valence-corrected chi connectivity index (χ2v) is 3.87. The summed E-state index contributed by atoms with van der Waals surface area (Å²) in [6.07, 6.45) is 1.79. The molecule has 0 saturated heterocycles. The standard InChI is InChI=1S/C13H22N2O/c1-2-11-6-3-4-7-12(11)13(10-14)15-8-5-9-16/h3-4,6-7,13,15-16H,2,5,8-10,14H2,1H3. The van der Waals surface area contributed by atoms with Gasteiger partial charge in [0.15, 0.2) is 0 Å². The summed E-state index contributed by atoms with van der Waals surface area (Å²) in [5, 5.41) is 12.1. The van der Waals surface area contributed by atoms with Crippen LogP contribution < -0.4 is 11.1 Å². The van der Waals surface area contributed by atoms with Gasteiger partial charge in [-0.25, -0.2) is 0 Å². The molecule has 0 spiro atoms. The van der Waals surface area contributed by atoms with E-state index in [0.29, 0.717) is 6.54 Å². The highest BCUT2D eigenvalue weighted by molar-refractivity contribution is 5.30. The topological polar surface area (TPSA) is 58.3 Å². The summed E-state index contributed by atoms with van der Waals surface area (Å²) in [5.74, 6) is 0. The Morgan fingerprint density at radius 1 is 1.38 bits per heavy atom. The Bertz CT molecular complexity index is 302. The van der Waals surface area contributed by atoms with Gasteiger partial charge in [0.2, 0.25) is 0 Å². The number of rotatable bonds is 7. The van der Waals surface area contributed by atoms with E-state index in [1.54, 1.807) is 0 Å². The summed E-state index contributed by atoms with van der Waals surface area (Å²) in [6.45, 7) is 3.76. The summed E-state index contributed by atoms with van der Waals surface area (Å²) in [4.78, 5) is 0. The van der Waals surface area contributed by atoms with Crippen molar-refractivity contribution in [2.45, 2.75) is 25.8 Å². The van der Waals surface area contributed by atoms with E-state index in [0.717, 1.165) is 19.4 Å². The lowest BCUT2D eigenvalue weighted by molar-refractivity contribution is 0.283. The first-order valence-electron chi connectivity index (χ1n) is 5.95. The van der Waals surface area contributed by atoms with Gasteiger partial charge in [0, 0.05) is 19.2 Å². The van der Waals surface area contributed by atoms with Crippen LogP contribution in [-0.4, -0.2) is 24.8 Å². The van der Waals surface area contributed by atoms with Crippen LogP contribution in [-0.2, 0) is 6.42 Å². The number of hydrogen-bond donors (Lipinski definition) is 3.